The summed E-state index contributed by atoms with van der Waals surface area (Å²) in [6, 6.07) is 7.47. The summed E-state index contributed by atoms with van der Waals surface area (Å²) in [5.41, 5.74) is 0.807. The normalized spacial score (nSPS) is 10.9. The first-order valence-electron chi connectivity index (χ1n) is 5.60. The number of fused-ring (bicyclic) bond motifs is 1. The van der Waals surface area contributed by atoms with Gasteiger partial charge in [0.25, 0.3) is 5.56 Å². The molecule has 0 saturated heterocycles. The lowest BCUT2D eigenvalue weighted by molar-refractivity contribution is 0.637. The van der Waals surface area contributed by atoms with Gasteiger partial charge >= 0.3 is 0 Å². The van der Waals surface area contributed by atoms with E-state index in [2.05, 4.69) is 10.1 Å². The highest BCUT2D eigenvalue weighted by molar-refractivity contribution is 7.09. The first-order chi connectivity index (χ1) is 8.74. The minimum absolute atomic E-state index is 0.0706. The van der Waals surface area contributed by atoms with Gasteiger partial charge in [0, 0.05) is 10.8 Å². The van der Waals surface area contributed by atoms with Crippen LogP contribution >= 0.6 is 11.3 Å². The Morgan fingerprint density at radius 2 is 2.17 bits per heavy atom. The fourth-order valence-corrected chi connectivity index (χ4v) is 2.48. The lowest BCUT2D eigenvalue weighted by Gasteiger charge is -2.03. The van der Waals surface area contributed by atoms with E-state index < -0.39 is 0 Å². The number of hydrogen-bond acceptors (Lipinski definition) is 4. The average Bonchev–Trinajstić information content (AvgIpc) is 2.79. The van der Waals surface area contributed by atoms with Crippen molar-refractivity contribution in [1.82, 2.24) is 14.8 Å². The number of thiazole rings is 1. The second-order valence-electron chi connectivity index (χ2n) is 4.05. The number of aryl methyl sites for hydroxylation is 1. The van der Waals surface area contributed by atoms with Crippen molar-refractivity contribution in [1.29, 1.82) is 0 Å². The van der Waals surface area contributed by atoms with Crippen LogP contribution in [0.5, 0.6) is 0 Å². The summed E-state index contributed by atoms with van der Waals surface area (Å²) < 4.78 is 1.46. The Morgan fingerprint density at radius 3 is 2.94 bits per heavy atom. The van der Waals surface area contributed by atoms with Crippen LogP contribution in [0.15, 0.2) is 40.6 Å². The van der Waals surface area contributed by atoms with Crippen molar-refractivity contribution in [2.24, 2.45) is 0 Å². The molecule has 3 rings (SSSR count). The lowest BCUT2D eigenvalue weighted by Crippen LogP contribution is -2.23. The molecule has 0 amide bonds. The molecular formula is C13H11N3OS. The molecule has 0 saturated carbocycles. The van der Waals surface area contributed by atoms with Crippen LogP contribution in [0.2, 0.25) is 0 Å². The molecule has 0 spiro atoms. The summed E-state index contributed by atoms with van der Waals surface area (Å²) in [7, 11) is 0. The second kappa shape index (κ2) is 4.34. The van der Waals surface area contributed by atoms with Gasteiger partial charge in [0.05, 0.1) is 28.8 Å². The van der Waals surface area contributed by atoms with Crippen LogP contribution in [-0.2, 0) is 6.54 Å². The standard InChI is InChI=1S/C13H11N3OS/c1-9-15-11(8-18-9)7-16-13(17)12-5-3-2-4-10(12)6-14-16/h2-6,8H,7H2,1H3. The minimum Gasteiger partial charge on any atom is -0.267 e. The van der Waals surface area contributed by atoms with Gasteiger partial charge in [0.15, 0.2) is 0 Å². The molecule has 0 fully saturated rings. The fourth-order valence-electron chi connectivity index (χ4n) is 1.87. The lowest BCUT2D eigenvalue weighted by atomic mass is 10.2. The third kappa shape index (κ3) is 1.93. The topological polar surface area (TPSA) is 47.8 Å². The van der Waals surface area contributed by atoms with Crippen LogP contribution in [0.4, 0.5) is 0 Å². The Balaban J connectivity index is 2.08. The Labute approximate surface area is 108 Å². The van der Waals surface area contributed by atoms with Gasteiger partial charge in [0.2, 0.25) is 0 Å². The molecule has 5 heteroatoms. The second-order valence-corrected chi connectivity index (χ2v) is 5.11. The first-order valence-corrected chi connectivity index (χ1v) is 6.48. The summed E-state index contributed by atoms with van der Waals surface area (Å²) in [5, 5.41) is 8.70. The molecule has 2 aromatic heterocycles. The van der Waals surface area contributed by atoms with E-state index in [4.69, 9.17) is 0 Å². The van der Waals surface area contributed by atoms with E-state index >= 15 is 0 Å². The van der Waals surface area contributed by atoms with E-state index in [1.165, 1.54) is 4.68 Å². The van der Waals surface area contributed by atoms with Crippen LogP contribution in [0.3, 0.4) is 0 Å². The van der Waals surface area contributed by atoms with Crippen molar-refractivity contribution in [3.63, 3.8) is 0 Å². The van der Waals surface area contributed by atoms with Gasteiger partial charge in [-0.05, 0) is 13.0 Å². The molecule has 0 bridgehead atoms. The predicted octanol–water partition coefficient (Wildman–Crippen LogP) is 2.21. The molecule has 18 heavy (non-hydrogen) atoms. The zero-order valence-corrected chi connectivity index (χ0v) is 10.6. The Hall–Kier alpha value is -2.01. The highest BCUT2D eigenvalue weighted by atomic mass is 32.1. The van der Waals surface area contributed by atoms with Crippen molar-refractivity contribution in [3.05, 3.63) is 56.9 Å². The SMILES string of the molecule is Cc1nc(Cn2ncc3ccccc3c2=O)cs1. The number of rotatable bonds is 2. The molecule has 0 aliphatic carbocycles. The molecular weight excluding hydrogens is 246 g/mol. The summed E-state index contributed by atoms with van der Waals surface area (Å²) in [5.74, 6) is 0. The van der Waals surface area contributed by atoms with E-state index in [1.54, 1.807) is 17.5 Å². The molecule has 1 aromatic carbocycles. The highest BCUT2D eigenvalue weighted by Crippen LogP contribution is 2.10. The van der Waals surface area contributed by atoms with Gasteiger partial charge in [-0.3, -0.25) is 4.79 Å². The van der Waals surface area contributed by atoms with Crippen molar-refractivity contribution >= 4 is 22.1 Å². The monoisotopic (exact) mass is 257 g/mol. The van der Waals surface area contributed by atoms with Gasteiger partial charge in [0.1, 0.15) is 0 Å². The zero-order valence-electron chi connectivity index (χ0n) is 9.83. The van der Waals surface area contributed by atoms with E-state index in [-0.39, 0.29) is 5.56 Å². The van der Waals surface area contributed by atoms with Crippen LogP contribution in [-0.4, -0.2) is 14.8 Å². The summed E-state index contributed by atoms with van der Waals surface area (Å²) in [6.45, 7) is 2.37. The smallest absolute Gasteiger partial charge is 0.267 e. The molecule has 0 N–H and O–H groups in total. The minimum atomic E-state index is -0.0706. The summed E-state index contributed by atoms with van der Waals surface area (Å²) in [6.07, 6.45) is 1.72. The molecule has 3 aromatic rings. The molecule has 0 aliphatic heterocycles. The van der Waals surface area contributed by atoms with Gasteiger partial charge < -0.3 is 0 Å². The quantitative estimate of drug-likeness (QED) is 0.707. The van der Waals surface area contributed by atoms with Crippen molar-refractivity contribution in [3.8, 4) is 0 Å². The largest absolute Gasteiger partial charge is 0.274 e. The van der Waals surface area contributed by atoms with Crippen molar-refractivity contribution in [2.75, 3.05) is 0 Å². The van der Waals surface area contributed by atoms with Gasteiger partial charge in [-0.25, -0.2) is 9.67 Å². The van der Waals surface area contributed by atoms with Crippen LogP contribution < -0.4 is 5.56 Å². The third-order valence-corrected chi connectivity index (χ3v) is 3.56. The molecule has 4 nitrogen and oxygen atoms in total. The van der Waals surface area contributed by atoms with E-state index in [1.807, 2.05) is 36.6 Å². The molecule has 0 unspecified atom stereocenters. The fraction of sp³-hybridized carbons (Fsp3) is 0.154. The molecule has 90 valence electrons. The van der Waals surface area contributed by atoms with E-state index in [0.717, 1.165) is 16.1 Å². The average molecular weight is 257 g/mol. The summed E-state index contributed by atoms with van der Waals surface area (Å²) >= 11 is 1.58. The molecule has 0 radical (unpaired) electrons. The highest BCUT2D eigenvalue weighted by Gasteiger charge is 2.05. The number of nitrogens with zero attached hydrogens (tertiary/aromatic N) is 3. The Morgan fingerprint density at radius 1 is 1.33 bits per heavy atom. The zero-order chi connectivity index (χ0) is 12.5. The van der Waals surface area contributed by atoms with Gasteiger partial charge in [-0.1, -0.05) is 18.2 Å². The maximum Gasteiger partial charge on any atom is 0.274 e. The van der Waals surface area contributed by atoms with E-state index in [9.17, 15) is 4.79 Å². The van der Waals surface area contributed by atoms with Gasteiger partial charge in [-0.2, -0.15) is 5.10 Å². The maximum atomic E-state index is 12.2. The Kier molecular flexibility index (Phi) is 2.68. The van der Waals surface area contributed by atoms with Crippen LogP contribution in [0.1, 0.15) is 10.7 Å². The van der Waals surface area contributed by atoms with Gasteiger partial charge in [-0.15, -0.1) is 11.3 Å². The molecule has 0 aliphatic rings. The Bertz CT molecular complexity index is 760. The maximum absolute atomic E-state index is 12.2. The van der Waals surface area contributed by atoms with Crippen LogP contribution in [0, 0.1) is 6.92 Å². The van der Waals surface area contributed by atoms with Crippen molar-refractivity contribution < 1.29 is 0 Å². The molecule has 2 heterocycles. The third-order valence-electron chi connectivity index (χ3n) is 2.74. The van der Waals surface area contributed by atoms with Crippen LogP contribution in [0.25, 0.3) is 10.8 Å². The van der Waals surface area contributed by atoms with E-state index in [0.29, 0.717) is 11.9 Å². The van der Waals surface area contributed by atoms with Crippen molar-refractivity contribution in [2.45, 2.75) is 13.5 Å². The summed E-state index contributed by atoms with van der Waals surface area (Å²) in [4.78, 5) is 16.6. The predicted molar refractivity (Wildman–Crippen MR) is 72.0 cm³/mol. The first kappa shape index (κ1) is 11.1. The number of aromatic nitrogens is 3. The number of hydrogen-bond donors (Lipinski definition) is 0. The molecule has 0 atom stereocenters. The number of benzene rings is 1.